The van der Waals surface area contributed by atoms with E-state index in [1.54, 1.807) is 0 Å². The van der Waals surface area contributed by atoms with Gasteiger partial charge in [-0.15, -0.1) is 0 Å². The molecule has 0 saturated carbocycles. The standard InChI is InChI=1S/C21H28N2O/c1-16(2)13-14-22-20(24)15-23-21(18-7-5-4-6-8-18)19-11-9-17(3)10-12-19/h4-12,16,21,23H,13-15H2,1-3H3,(H,22,24)/t21-/m0/s1. The summed E-state index contributed by atoms with van der Waals surface area (Å²) in [7, 11) is 0. The van der Waals surface area contributed by atoms with E-state index in [0.29, 0.717) is 12.5 Å². The van der Waals surface area contributed by atoms with Gasteiger partial charge in [0.1, 0.15) is 0 Å². The highest BCUT2D eigenvalue weighted by Gasteiger charge is 2.14. The van der Waals surface area contributed by atoms with Crippen LogP contribution in [0.2, 0.25) is 0 Å². The summed E-state index contributed by atoms with van der Waals surface area (Å²) in [6.45, 7) is 7.45. The molecule has 2 aromatic rings. The number of hydrogen-bond acceptors (Lipinski definition) is 2. The number of rotatable bonds is 8. The molecule has 0 heterocycles. The molecule has 1 amide bonds. The summed E-state index contributed by atoms with van der Waals surface area (Å²) in [5.41, 5.74) is 3.56. The van der Waals surface area contributed by atoms with Crippen molar-refractivity contribution >= 4 is 5.91 Å². The fourth-order valence-electron chi connectivity index (χ4n) is 2.59. The van der Waals surface area contributed by atoms with E-state index in [9.17, 15) is 4.79 Å². The molecule has 0 fully saturated rings. The van der Waals surface area contributed by atoms with Crippen molar-refractivity contribution in [2.75, 3.05) is 13.1 Å². The number of nitrogens with one attached hydrogen (secondary N) is 2. The summed E-state index contributed by atoms with van der Waals surface area (Å²) < 4.78 is 0. The lowest BCUT2D eigenvalue weighted by Gasteiger charge is -2.20. The van der Waals surface area contributed by atoms with Crippen molar-refractivity contribution in [3.05, 3.63) is 71.3 Å². The Labute approximate surface area is 145 Å². The molecule has 0 radical (unpaired) electrons. The van der Waals surface area contributed by atoms with E-state index in [0.717, 1.165) is 18.5 Å². The first-order valence-corrected chi connectivity index (χ1v) is 8.68. The molecule has 0 aliphatic rings. The fraction of sp³-hybridized carbons (Fsp3) is 0.381. The van der Waals surface area contributed by atoms with Gasteiger partial charge in [0.2, 0.25) is 5.91 Å². The van der Waals surface area contributed by atoms with E-state index in [-0.39, 0.29) is 11.9 Å². The molecule has 0 saturated heterocycles. The van der Waals surface area contributed by atoms with Gasteiger partial charge in [-0.1, -0.05) is 74.0 Å². The Kier molecular flexibility index (Phi) is 7.01. The van der Waals surface area contributed by atoms with Crippen molar-refractivity contribution < 1.29 is 4.79 Å². The molecule has 0 aliphatic heterocycles. The Hall–Kier alpha value is -2.13. The van der Waals surface area contributed by atoms with Crippen LogP contribution in [0.4, 0.5) is 0 Å². The zero-order chi connectivity index (χ0) is 17.4. The molecule has 2 N–H and O–H groups in total. The third-order valence-electron chi connectivity index (χ3n) is 4.05. The zero-order valence-electron chi connectivity index (χ0n) is 14.9. The summed E-state index contributed by atoms with van der Waals surface area (Å²) in [5.74, 6) is 0.645. The molecule has 2 aromatic carbocycles. The molecule has 3 heteroatoms. The van der Waals surface area contributed by atoms with Gasteiger partial charge in [0.05, 0.1) is 12.6 Å². The van der Waals surface area contributed by atoms with Gasteiger partial charge in [-0.3, -0.25) is 10.1 Å². The third-order valence-corrected chi connectivity index (χ3v) is 4.05. The minimum atomic E-state index is 0.0163. The first kappa shape index (κ1) is 18.2. The van der Waals surface area contributed by atoms with Crippen molar-refractivity contribution in [3.63, 3.8) is 0 Å². The molecule has 24 heavy (non-hydrogen) atoms. The lowest BCUT2D eigenvalue weighted by atomic mass is 9.98. The Morgan fingerprint density at radius 2 is 1.58 bits per heavy atom. The van der Waals surface area contributed by atoms with E-state index in [1.165, 1.54) is 11.1 Å². The topological polar surface area (TPSA) is 41.1 Å². The van der Waals surface area contributed by atoms with Crippen LogP contribution in [0.1, 0.15) is 43.0 Å². The van der Waals surface area contributed by atoms with Crippen molar-refractivity contribution in [1.29, 1.82) is 0 Å². The molecule has 0 aliphatic carbocycles. The molecule has 0 bridgehead atoms. The highest BCUT2D eigenvalue weighted by Crippen LogP contribution is 2.22. The highest BCUT2D eigenvalue weighted by atomic mass is 16.1. The zero-order valence-corrected chi connectivity index (χ0v) is 14.9. The quantitative estimate of drug-likeness (QED) is 0.775. The Balaban J connectivity index is 2.02. The number of amides is 1. The second-order valence-electron chi connectivity index (χ2n) is 6.67. The van der Waals surface area contributed by atoms with Crippen LogP contribution in [0.5, 0.6) is 0 Å². The van der Waals surface area contributed by atoms with E-state index in [1.807, 2.05) is 18.2 Å². The lowest BCUT2D eigenvalue weighted by Crippen LogP contribution is -2.36. The Morgan fingerprint density at radius 1 is 0.958 bits per heavy atom. The summed E-state index contributed by atoms with van der Waals surface area (Å²) in [4.78, 5) is 12.1. The summed E-state index contributed by atoms with van der Waals surface area (Å²) in [5, 5.41) is 6.38. The second kappa shape index (κ2) is 9.24. The van der Waals surface area contributed by atoms with E-state index < -0.39 is 0 Å². The molecular formula is C21H28N2O. The van der Waals surface area contributed by atoms with Gasteiger partial charge >= 0.3 is 0 Å². The van der Waals surface area contributed by atoms with Crippen LogP contribution in [-0.4, -0.2) is 19.0 Å². The predicted molar refractivity (Wildman–Crippen MR) is 99.9 cm³/mol. The normalized spacial score (nSPS) is 12.2. The minimum Gasteiger partial charge on any atom is -0.355 e. The largest absolute Gasteiger partial charge is 0.355 e. The van der Waals surface area contributed by atoms with Crippen molar-refractivity contribution in [3.8, 4) is 0 Å². The van der Waals surface area contributed by atoms with Gasteiger partial charge in [-0.25, -0.2) is 0 Å². The maximum Gasteiger partial charge on any atom is 0.233 e. The second-order valence-corrected chi connectivity index (χ2v) is 6.67. The first-order valence-electron chi connectivity index (χ1n) is 8.68. The molecule has 0 unspecified atom stereocenters. The molecule has 2 rings (SSSR count). The lowest BCUT2D eigenvalue weighted by molar-refractivity contribution is -0.120. The summed E-state index contributed by atoms with van der Waals surface area (Å²) in [6.07, 6.45) is 1.01. The van der Waals surface area contributed by atoms with Gasteiger partial charge in [0.25, 0.3) is 0 Å². The summed E-state index contributed by atoms with van der Waals surface area (Å²) in [6, 6.07) is 18.7. The number of carbonyl (C=O) groups excluding carboxylic acids is 1. The van der Waals surface area contributed by atoms with Gasteiger partial charge in [0, 0.05) is 6.54 Å². The molecule has 0 spiro atoms. The van der Waals surface area contributed by atoms with Gasteiger partial charge < -0.3 is 5.32 Å². The maximum atomic E-state index is 12.1. The van der Waals surface area contributed by atoms with Gasteiger partial charge in [-0.2, -0.15) is 0 Å². The number of benzene rings is 2. The van der Waals surface area contributed by atoms with Gasteiger partial charge in [0.15, 0.2) is 0 Å². The molecule has 3 nitrogen and oxygen atoms in total. The van der Waals surface area contributed by atoms with Gasteiger partial charge in [-0.05, 0) is 30.4 Å². The summed E-state index contributed by atoms with van der Waals surface area (Å²) >= 11 is 0. The first-order chi connectivity index (χ1) is 11.6. The van der Waals surface area contributed by atoms with Crippen molar-refractivity contribution in [2.24, 2.45) is 5.92 Å². The molecule has 0 aromatic heterocycles. The number of carbonyl (C=O) groups is 1. The van der Waals surface area contributed by atoms with Crippen LogP contribution < -0.4 is 10.6 Å². The minimum absolute atomic E-state index is 0.0163. The average Bonchev–Trinajstić information content (AvgIpc) is 2.57. The van der Waals surface area contributed by atoms with E-state index >= 15 is 0 Å². The van der Waals surface area contributed by atoms with Crippen LogP contribution in [-0.2, 0) is 4.79 Å². The smallest absolute Gasteiger partial charge is 0.233 e. The Bertz CT molecular complexity index is 620. The highest BCUT2D eigenvalue weighted by molar-refractivity contribution is 5.78. The van der Waals surface area contributed by atoms with E-state index in [4.69, 9.17) is 0 Å². The third kappa shape index (κ3) is 5.82. The Morgan fingerprint density at radius 3 is 2.21 bits per heavy atom. The van der Waals surface area contributed by atoms with Crippen LogP contribution >= 0.6 is 0 Å². The fourth-order valence-corrected chi connectivity index (χ4v) is 2.59. The van der Waals surface area contributed by atoms with Crippen molar-refractivity contribution in [2.45, 2.75) is 33.2 Å². The molecule has 1 atom stereocenters. The maximum absolute atomic E-state index is 12.1. The van der Waals surface area contributed by atoms with Crippen LogP contribution in [0.15, 0.2) is 54.6 Å². The van der Waals surface area contributed by atoms with E-state index in [2.05, 4.69) is 67.8 Å². The molecular weight excluding hydrogens is 296 g/mol. The van der Waals surface area contributed by atoms with Crippen LogP contribution in [0, 0.1) is 12.8 Å². The number of hydrogen-bond donors (Lipinski definition) is 2. The predicted octanol–water partition coefficient (Wildman–Crippen LogP) is 3.84. The molecule has 128 valence electrons. The monoisotopic (exact) mass is 324 g/mol. The number of aryl methyl sites for hydroxylation is 1. The average molecular weight is 324 g/mol. The van der Waals surface area contributed by atoms with Crippen LogP contribution in [0.3, 0.4) is 0 Å². The van der Waals surface area contributed by atoms with Crippen LogP contribution in [0.25, 0.3) is 0 Å². The SMILES string of the molecule is Cc1ccc([C@@H](NCC(=O)NCCC(C)C)c2ccccc2)cc1. The van der Waals surface area contributed by atoms with Crippen molar-refractivity contribution in [1.82, 2.24) is 10.6 Å².